The van der Waals surface area contributed by atoms with Gasteiger partial charge in [0, 0.05) is 38.3 Å². The Morgan fingerprint density at radius 2 is 1.89 bits per heavy atom. The van der Waals surface area contributed by atoms with Gasteiger partial charge in [-0.05, 0) is 50.7 Å². The van der Waals surface area contributed by atoms with Crippen LogP contribution in [0.1, 0.15) is 65.1 Å². The molecule has 2 heterocycles. The molecule has 2 aromatic rings. The van der Waals surface area contributed by atoms with E-state index in [2.05, 4.69) is 15.6 Å². The van der Waals surface area contributed by atoms with Crippen molar-refractivity contribution in [3.05, 3.63) is 35.0 Å². The zero-order valence-electron chi connectivity index (χ0n) is 26.9. The fourth-order valence-electron chi connectivity index (χ4n) is 5.25. The van der Waals surface area contributed by atoms with Gasteiger partial charge in [-0.3, -0.25) is 14.4 Å². The molecular weight excluding hydrogens is 603 g/mol. The minimum atomic E-state index is -1.95. The fourth-order valence-corrected chi connectivity index (χ4v) is 6.05. The van der Waals surface area contributed by atoms with Crippen molar-refractivity contribution in [2.75, 3.05) is 26.4 Å². The second-order valence-electron chi connectivity index (χ2n) is 12.6. The molecule has 1 aliphatic carbocycles. The number of nitrogens with zero attached hydrogens (tertiary/aromatic N) is 2. The maximum Gasteiger partial charge on any atom is 0.258 e. The van der Waals surface area contributed by atoms with Crippen molar-refractivity contribution < 1.29 is 38.1 Å². The highest BCUT2D eigenvalue weighted by Crippen LogP contribution is 2.40. The van der Waals surface area contributed by atoms with Crippen molar-refractivity contribution in [2.45, 2.75) is 97.5 Å². The maximum absolute atomic E-state index is 14.5. The number of likely N-dealkylation sites (tertiary alicyclic amines) is 1. The average Bonchev–Trinajstić information content (AvgIpc) is 3.39. The lowest BCUT2D eigenvalue weighted by atomic mass is 9.85. The molecule has 2 aliphatic rings. The Bertz CT molecular complexity index is 1350. The molecule has 11 nitrogen and oxygen atoms in total. The largest absolute Gasteiger partial charge is 0.488 e. The highest BCUT2D eigenvalue weighted by atomic mass is 32.1. The smallest absolute Gasteiger partial charge is 0.258 e. The maximum atomic E-state index is 14.5. The van der Waals surface area contributed by atoms with Gasteiger partial charge in [0.05, 0.1) is 22.2 Å². The monoisotopic (exact) mass is 648 g/mol. The number of ether oxygens (including phenoxy) is 3. The minimum Gasteiger partial charge on any atom is -0.488 e. The SMILES string of the molecule is CCOC(COc1cc(-c2scnc2C)ccc1CNC(=O)[C@@H]1C[C@@H](O)CN1C(=O)[C@@H](NC(=O)C1(F)CC1)C(C)(C)C)OCC. The first-order valence-corrected chi connectivity index (χ1v) is 16.3. The number of benzene rings is 1. The van der Waals surface area contributed by atoms with Gasteiger partial charge in [0.1, 0.15) is 24.4 Å². The Kier molecular flexibility index (Phi) is 11.2. The summed E-state index contributed by atoms with van der Waals surface area (Å²) in [6.45, 7) is 12.0. The molecular formula is C32H45FN4O7S. The lowest BCUT2D eigenvalue weighted by molar-refractivity contribution is -0.152. The van der Waals surface area contributed by atoms with Crippen LogP contribution >= 0.6 is 11.3 Å². The van der Waals surface area contributed by atoms with Gasteiger partial charge in [-0.1, -0.05) is 32.9 Å². The van der Waals surface area contributed by atoms with Crippen LogP contribution in [-0.2, 0) is 30.4 Å². The molecule has 1 aromatic heterocycles. The zero-order chi connectivity index (χ0) is 32.9. The summed E-state index contributed by atoms with van der Waals surface area (Å²) in [5.74, 6) is -1.29. The van der Waals surface area contributed by atoms with Crippen LogP contribution < -0.4 is 15.4 Å². The first-order chi connectivity index (χ1) is 21.3. The number of thiazole rings is 1. The number of aryl methyl sites for hydroxylation is 1. The van der Waals surface area contributed by atoms with Crippen molar-refractivity contribution in [3.63, 3.8) is 0 Å². The summed E-state index contributed by atoms with van der Waals surface area (Å²) in [6, 6.07) is 3.63. The third-order valence-electron chi connectivity index (χ3n) is 7.96. The van der Waals surface area contributed by atoms with Crippen LogP contribution in [0.5, 0.6) is 5.75 Å². The number of β-amino-alcohol motifs (C(OH)–C–C–N with tert-alkyl or cyclic N) is 1. The molecule has 3 amide bonds. The normalized spacial score (nSPS) is 19.8. The molecule has 1 saturated heterocycles. The molecule has 4 rings (SSSR count). The number of aliphatic hydroxyl groups is 1. The van der Waals surface area contributed by atoms with Crippen molar-refractivity contribution >= 4 is 29.1 Å². The molecule has 248 valence electrons. The Morgan fingerprint density at radius 1 is 1.20 bits per heavy atom. The van der Waals surface area contributed by atoms with Crippen LogP contribution in [0.25, 0.3) is 10.4 Å². The van der Waals surface area contributed by atoms with Crippen LogP contribution in [0.2, 0.25) is 0 Å². The van der Waals surface area contributed by atoms with E-state index in [1.165, 1.54) is 16.2 Å². The molecule has 3 atom stereocenters. The summed E-state index contributed by atoms with van der Waals surface area (Å²) < 4.78 is 31.9. The van der Waals surface area contributed by atoms with Crippen molar-refractivity contribution in [2.24, 2.45) is 5.41 Å². The van der Waals surface area contributed by atoms with Crippen LogP contribution in [0, 0.1) is 12.3 Å². The highest BCUT2D eigenvalue weighted by Gasteiger charge is 2.53. The first-order valence-electron chi connectivity index (χ1n) is 15.4. The van der Waals surface area contributed by atoms with Gasteiger partial charge in [-0.15, -0.1) is 11.3 Å². The molecule has 0 unspecified atom stereocenters. The van der Waals surface area contributed by atoms with Crippen molar-refractivity contribution in [1.29, 1.82) is 0 Å². The van der Waals surface area contributed by atoms with Crippen LogP contribution in [-0.4, -0.2) is 89.2 Å². The summed E-state index contributed by atoms with van der Waals surface area (Å²) in [7, 11) is 0. The molecule has 0 radical (unpaired) electrons. The number of hydrogen-bond acceptors (Lipinski definition) is 9. The highest BCUT2D eigenvalue weighted by molar-refractivity contribution is 7.13. The summed E-state index contributed by atoms with van der Waals surface area (Å²) in [5.41, 5.74) is 1.55. The third kappa shape index (κ3) is 8.57. The van der Waals surface area contributed by atoms with Crippen LogP contribution in [0.15, 0.2) is 23.7 Å². The number of nitrogens with one attached hydrogen (secondary N) is 2. The Labute approximate surface area is 267 Å². The van der Waals surface area contributed by atoms with Crippen LogP contribution in [0.3, 0.4) is 0 Å². The van der Waals surface area contributed by atoms with E-state index in [9.17, 15) is 23.9 Å². The van der Waals surface area contributed by atoms with Gasteiger partial charge in [0.15, 0.2) is 12.0 Å². The van der Waals surface area contributed by atoms with E-state index in [0.29, 0.717) is 24.5 Å². The van der Waals surface area contributed by atoms with E-state index in [1.54, 1.807) is 26.3 Å². The zero-order valence-corrected chi connectivity index (χ0v) is 27.7. The molecule has 1 aromatic carbocycles. The molecule has 13 heteroatoms. The number of amides is 3. The van der Waals surface area contributed by atoms with Crippen LogP contribution in [0.4, 0.5) is 4.39 Å². The molecule has 0 spiro atoms. The molecule has 0 bridgehead atoms. The van der Waals surface area contributed by atoms with E-state index in [-0.39, 0.29) is 39.0 Å². The van der Waals surface area contributed by atoms with Gasteiger partial charge in [-0.25, -0.2) is 9.37 Å². The van der Waals surface area contributed by atoms with Gasteiger partial charge in [-0.2, -0.15) is 0 Å². The predicted octanol–water partition coefficient (Wildman–Crippen LogP) is 3.51. The molecule has 45 heavy (non-hydrogen) atoms. The number of rotatable bonds is 14. The second kappa shape index (κ2) is 14.5. The topological polar surface area (TPSA) is 139 Å². The standard InChI is InChI=1S/C32H45FN4O7S/c1-7-42-25(43-8-2)17-44-24-13-20(26-19(3)35-18-45-26)9-10-21(24)15-34-28(39)23-14-22(38)16-37(23)29(40)27(31(4,5)6)36-30(41)32(33)11-12-32/h9-10,13,18,22-23,25,27,38H,7-8,11-12,14-17H2,1-6H3,(H,34,39)(H,36,41)/t22-,23+,27-/m1/s1. The van der Waals surface area contributed by atoms with Gasteiger partial charge >= 0.3 is 0 Å². The van der Waals surface area contributed by atoms with Crippen molar-refractivity contribution in [3.8, 4) is 16.2 Å². The van der Waals surface area contributed by atoms with Gasteiger partial charge in [0.2, 0.25) is 11.8 Å². The second-order valence-corrected chi connectivity index (χ2v) is 13.4. The molecule has 1 aliphatic heterocycles. The predicted molar refractivity (Wildman–Crippen MR) is 167 cm³/mol. The summed E-state index contributed by atoms with van der Waals surface area (Å²) in [6.07, 6.45) is -1.23. The number of aromatic nitrogens is 1. The molecule has 3 N–H and O–H groups in total. The van der Waals surface area contributed by atoms with Gasteiger partial charge in [0.25, 0.3) is 5.91 Å². The van der Waals surface area contributed by atoms with E-state index in [0.717, 1.165) is 16.1 Å². The van der Waals surface area contributed by atoms with Crippen molar-refractivity contribution in [1.82, 2.24) is 20.5 Å². The Hall–Kier alpha value is -3.13. The third-order valence-corrected chi connectivity index (χ3v) is 8.93. The quantitative estimate of drug-likeness (QED) is 0.265. The fraction of sp³-hybridized carbons (Fsp3) is 0.625. The summed E-state index contributed by atoms with van der Waals surface area (Å²) in [4.78, 5) is 46.5. The van der Waals surface area contributed by atoms with E-state index in [4.69, 9.17) is 14.2 Å². The summed E-state index contributed by atoms with van der Waals surface area (Å²) in [5, 5.41) is 16.0. The Morgan fingerprint density at radius 3 is 2.47 bits per heavy atom. The summed E-state index contributed by atoms with van der Waals surface area (Å²) >= 11 is 1.51. The minimum absolute atomic E-state index is 0.0345. The molecule has 2 fully saturated rings. The lowest BCUT2D eigenvalue weighted by Crippen LogP contribution is -2.59. The Balaban J connectivity index is 1.51. The number of hydrogen-bond donors (Lipinski definition) is 3. The number of aliphatic hydroxyl groups excluding tert-OH is 1. The average molecular weight is 649 g/mol. The first kappa shape index (κ1) is 34.7. The van der Waals surface area contributed by atoms with E-state index >= 15 is 0 Å². The number of halogens is 1. The number of carbonyl (C=O) groups excluding carboxylic acids is 3. The lowest BCUT2D eigenvalue weighted by Gasteiger charge is -2.35. The van der Waals surface area contributed by atoms with E-state index in [1.807, 2.05) is 39.0 Å². The molecule has 1 saturated carbocycles. The van der Waals surface area contributed by atoms with Gasteiger partial charge < -0.3 is 34.9 Å². The van der Waals surface area contributed by atoms with E-state index < -0.39 is 53.3 Å². The number of carbonyl (C=O) groups is 3. The number of alkyl halides is 1.